The number of benzene rings is 1. The van der Waals surface area contributed by atoms with E-state index >= 15 is 0 Å². The number of aryl methyl sites for hydroxylation is 2. The van der Waals surface area contributed by atoms with Crippen molar-refractivity contribution in [1.29, 1.82) is 0 Å². The van der Waals surface area contributed by atoms with E-state index in [1.165, 1.54) is 22.5 Å². The molecule has 1 aromatic heterocycles. The number of hydrogen-bond acceptors (Lipinski definition) is 1. The maximum Gasteiger partial charge on any atom is 0.0624 e. The molecule has 20 heavy (non-hydrogen) atoms. The molecular weight excluding hydrogens is 268 g/mol. The molecule has 2 unspecified atom stereocenters. The van der Waals surface area contributed by atoms with Gasteiger partial charge in [0.1, 0.15) is 0 Å². The summed E-state index contributed by atoms with van der Waals surface area (Å²) in [6.45, 7) is 5.24. The number of alkyl halides is 1. The smallest absolute Gasteiger partial charge is 0.0624 e. The van der Waals surface area contributed by atoms with E-state index in [1.807, 2.05) is 0 Å². The zero-order valence-corrected chi connectivity index (χ0v) is 12.9. The first kappa shape index (κ1) is 13.7. The Labute approximate surface area is 125 Å². The van der Waals surface area contributed by atoms with E-state index in [0.717, 1.165) is 25.8 Å². The monoisotopic (exact) mass is 288 g/mol. The van der Waals surface area contributed by atoms with E-state index in [1.54, 1.807) is 0 Å². The van der Waals surface area contributed by atoms with Crippen molar-refractivity contribution in [3.63, 3.8) is 0 Å². The molecule has 2 atom stereocenters. The van der Waals surface area contributed by atoms with Gasteiger partial charge in [-0.05, 0) is 49.3 Å². The molecule has 0 saturated heterocycles. The summed E-state index contributed by atoms with van der Waals surface area (Å²) in [5.74, 6) is 0.487. The van der Waals surface area contributed by atoms with E-state index in [4.69, 9.17) is 11.6 Å². The fourth-order valence-electron chi connectivity index (χ4n) is 3.20. The highest BCUT2D eigenvalue weighted by Gasteiger charge is 2.31. The van der Waals surface area contributed by atoms with Gasteiger partial charge in [-0.1, -0.05) is 31.2 Å². The molecule has 2 aromatic rings. The largest absolute Gasteiger partial charge is 0.270 e. The summed E-state index contributed by atoms with van der Waals surface area (Å²) in [5.41, 5.74) is 5.24. The van der Waals surface area contributed by atoms with Crippen molar-refractivity contribution >= 4 is 11.6 Å². The Kier molecular flexibility index (Phi) is 3.84. The highest BCUT2D eigenvalue weighted by atomic mass is 35.5. The summed E-state index contributed by atoms with van der Waals surface area (Å²) >= 11 is 6.67. The predicted molar refractivity (Wildman–Crippen MR) is 83.2 cm³/mol. The van der Waals surface area contributed by atoms with E-state index in [-0.39, 0.29) is 5.38 Å². The average molecular weight is 289 g/mol. The van der Waals surface area contributed by atoms with Crippen LogP contribution in [0.25, 0.3) is 0 Å². The Bertz CT molecular complexity index is 603. The van der Waals surface area contributed by atoms with Crippen LogP contribution in [0, 0.1) is 5.92 Å². The van der Waals surface area contributed by atoms with Gasteiger partial charge in [0.2, 0.25) is 0 Å². The van der Waals surface area contributed by atoms with Crippen LogP contribution >= 0.6 is 11.6 Å². The fourth-order valence-corrected chi connectivity index (χ4v) is 3.59. The van der Waals surface area contributed by atoms with Gasteiger partial charge in [0.15, 0.2) is 0 Å². The van der Waals surface area contributed by atoms with Crippen LogP contribution in [0.15, 0.2) is 30.3 Å². The summed E-state index contributed by atoms with van der Waals surface area (Å²) in [7, 11) is 0. The van der Waals surface area contributed by atoms with Crippen molar-refractivity contribution < 1.29 is 0 Å². The molecule has 0 radical (unpaired) electrons. The Morgan fingerprint density at radius 3 is 2.80 bits per heavy atom. The van der Waals surface area contributed by atoms with Crippen molar-refractivity contribution in [3.8, 4) is 0 Å². The molecule has 0 spiro atoms. The number of hydrogen-bond donors (Lipinski definition) is 0. The lowest BCUT2D eigenvalue weighted by atomic mass is 9.99. The Morgan fingerprint density at radius 2 is 2.10 bits per heavy atom. The molecule has 3 heteroatoms. The third-order valence-corrected chi connectivity index (χ3v) is 4.89. The number of nitrogens with zero attached hydrogens (tertiary/aromatic N) is 2. The van der Waals surface area contributed by atoms with Gasteiger partial charge in [0.05, 0.1) is 11.1 Å². The van der Waals surface area contributed by atoms with E-state index in [9.17, 15) is 0 Å². The van der Waals surface area contributed by atoms with Crippen molar-refractivity contribution in [2.24, 2.45) is 5.92 Å². The second-order valence-corrected chi connectivity index (χ2v) is 6.04. The van der Waals surface area contributed by atoms with Crippen LogP contribution in [-0.4, -0.2) is 9.78 Å². The van der Waals surface area contributed by atoms with Crippen LogP contribution in [0.4, 0.5) is 0 Å². The van der Waals surface area contributed by atoms with Crippen LogP contribution in [-0.2, 0) is 25.8 Å². The van der Waals surface area contributed by atoms with Crippen LogP contribution in [0.5, 0.6) is 0 Å². The third kappa shape index (κ3) is 2.37. The summed E-state index contributed by atoms with van der Waals surface area (Å²) in [5, 5.41) is 4.77. The molecule has 0 N–H and O–H groups in total. The minimum absolute atomic E-state index is 0.136. The van der Waals surface area contributed by atoms with E-state index in [0.29, 0.717) is 5.92 Å². The summed E-state index contributed by atoms with van der Waals surface area (Å²) in [6, 6.07) is 10.8. The van der Waals surface area contributed by atoms with Crippen molar-refractivity contribution in [2.75, 3.05) is 0 Å². The van der Waals surface area contributed by atoms with Gasteiger partial charge in [-0.2, -0.15) is 5.10 Å². The van der Waals surface area contributed by atoms with Gasteiger partial charge in [0, 0.05) is 12.2 Å². The lowest BCUT2D eigenvalue weighted by Gasteiger charge is -2.14. The fraction of sp³-hybridized carbons (Fsp3) is 0.471. The lowest BCUT2D eigenvalue weighted by molar-refractivity contribution is 0.505. The number of aromatic nitrogens is 2. The zero-order valence-electron chi connectivity index (χ0n) is 12.1. The van der Waals surface area contributed by atoms with Gasteiger partial charge in [-0.15, -0.1) is 11.6 Å². The number of halogens is 1. The lowest BCUT2D eigenvalue weighted by Crippen LogP contribution is -2.11. The normalized spacial score (nSPS) is 21.1. The van der Waals surface area contributed by atoms with Gasteiger partial charge >= 0.3 is 0 Å². The standard InChI is InChI=1S/C17H21ClN2/c1-3-14-11-15(20(4-2)19-14)10-13-9-12-7-5-6-8-16(12)17(13)18/h5-8,11,13,17H,3-4,9-10H2,1-2H3. The number of fused-ring (bicyclic) bond motifs is 1. The molecule has 0 amide bonds. The van der Waals surface area contributed by atoms with E-state index < -0.39 is 0 Å². The topological polar surface area (TPSA) is 17.8 Å². The molecule has 0 aliphatic heterocycles. The first-order valence-electron chi connectivity index (χ1n) is 7.50. The molecule has 0 saturated carbocycles. The molecular formula is C17H21ClN2. The minimum Gasteiger partial charge on any atom is -0.270 e. The highest BCUT2D eigenvalue weighted by Crippen LogP contribution is 2.42. The third-order valence-electron chi connectivity index (χ3n) is 4.30. The van der Waals surface area contributed by atoms with Crippen molar-refractivity contribution in [2.45, 2.75) is 45.0 Å². The van der Waals surface area contributed by atoms with Crippen molar-refractivity contribution in [3.05, 3.63) is 52.8 Å². The van der Waals surface area contributed by atoms with E-state index in [2.05, 4.69) is 54.0 Å². The molecule has 1 aliphatic carbocycles. The van der Waals surface area contributed by atoms with Crippen LogP contribution in [0.2, 0.25) is 0 Å². The predicted octanol–water partition coefficient (Wildman–Crippen LogP) is 4.16. The van der Waals surface area contributed by atoms with Crippen LogP contribution in [0.1, 0.15) is 41.7 Å². The van der Waals surface area contributed by atoms with Crippen molar-refractivity contribution in [1.82, 2.24) is 9.78 Å². The minimum atomic E-state index is 0.136. The first-order valence-corrected chi connectivity index (χ1v) is 7.94. The molecule has 2 nitrogen and oxygen atoms in total. The summed E-state index contributed by atoms with van der Waals surface area (Å²) in [4.78, 5) is 0. The van der Waals surface area contributed by atoms with Gasteiger partial charge in [-0.25, -0.2) is 0 Å². The summed E-state index contributed by atoms with van der Waals surface area (Å²) in [6.07, 6.45) is 3.10. The first-order chi connectivity index (χ1) is 9.72. The second kappa shape index (κ2) is 5.61. The molecule has 1 aliphatic rings. The summed E-state index contributed by atoms with van der Waals surface area (Å²) < 4.78 is 2.13. The average Bonchev–Trinajstić information content (AvgIpc) is 3.01. The van der Waals surface area contributed by atoms with Gasteiger partial charge in [-0.3, -0.25) is 4.68 Å². The molecule has 0 fully saturated rings. The molecule has 106 valence electrons. The SMILES string of the molecule is CCc1cc(CC2Cc3ccccc3C2Cl)n(CC)n1. The second-order valence-electron chi connectivity index (χ2n) is 5.57. The highest BCUT2D eigenvalue weighted by molar-refractivity contribution is 6.21. The molecule has 1 heterocycles. The molecule has 3 rings (SSSR count). The van der Waals surface area contributed by atoms with Crippen LogP contribution < -0.4 is 0 Å². The maximum atomic E-state index is 6.67. The van der Waals surface area contributed by atoms with Gasteiger partial charge in [0.25, 0.3) is 0 Å². The molecule has 0 bridgehead atoms. The molecule has 1 aromatic carbocycles. The number of rotatable bonds is 4. The quantitative estimate of drug-likeness (QED) is 0.773. The Hall–Kier alpha value is -1.28. The Balaban J connectivity index is 1.81. The van der Waals surface area contributed by atoms with Gasteiger partial charge < -0.3 is 0 Å². The van der Waals surface area contributed by atoms with Crippen LogP contribution in [0.3, 0.4) is 0 Å². The maximum absolute atomic E-state index is 6.67. The Morgan fingerprint density at radius 1 is 1.30 bits per heavy atom. The zero-order chi connectivity index (χ0) is 14.1.